The SMILES string of the molecule is COCCNCc1cc(Cl)ccc1OCC1CC1. The van der Waals surface area contributed by atoms with Gasteiger partial charge in [0.2, 0.25) is 0 Å². The Morgan fingerprint density at radius 2 is 2.22 bits per heavy atom. The Morgan fingerprint density at radius 3 is 2.94 bits per heavy atom. The van der Waals surface area contributed by atoms with Crippen LogP contribution in [0, 0.1) is 5.92 Å². The first-order valence-corrected chi connectivity index (χ1v) is 6.78. The van der Waals surface area contributed by atoms with Gasteiger partial charge < -0.3 is 14.8 Å². The summed E-state index contributed by atoms with van der Waals surface area (Å²) >= 11 is 6.02. The molecule has 0 spiro atoms. The van der Waals surface area contributed by atoms with Crippen molar-refractivity contribution in [2.75, 3.05) is 26.9 Å². The van der Waals surface area contributed by atoms with Crippen LogP contribution in [0.25, 0.3) is 0 Å². The summed E-state index contributed by atoms with van der Waals surface area (Å²) in [5.41, 5.74) is 1.11. The fourth-order valence-electron chi connectivity index (χ4n) is 1.72. The summed E-state index contributed by atoms with van der Waals surface area (Å²) in [4.78, 5) is 0. The van der Waals surface area contributed by atoms with E-state index in [0.717, 1.165) is 41.9 Å². The first-order valence-electron chi connectivity index (χ1n) is 6.40. The van der Waals surface area contributed by atoms with Crippen molar-refractivity contribution in [3.05, 3.63) is 28.8 Å². The molecule has 1 fully saturated rings. The molecule has 0 aromatic heterocycles. The van der Waals surface area contributed by atoms with Crippen LogP contribution in [0.3, 0.4) is 0 Å². The van der Waals surface area contributed by atoms with E-state index in [1.54, 1.807) is 7.11 Å². The summed E-state index contributed by atoms with van der Waals surface area (Å²) in [6, 6.07) is 5.80. The minimum atomic E-state index is 0.707. The van der Waals surface area contributed by atoms with Crippen molar-refractivity contribution in [1.29, 1.82) is 0 Å². The van der Waals surface area contributed by atoms with Crippen LogP contribution in [0.5, 0.6) is 5.75 Å². The average molecular weight is 270 g/mol. The standard InChI is InChI=1S/C14H20ClNO2/c1-17-7-6-16-9-12-8-13(15)4-5-14(12)18-10-11-2-3-11/h4-5,8,11,16H,2-3,6-7,9-10H2,1H3. The average Bonchev–Trinajstić information content (AvgIpc) is 3.17. The molecule has 0 saturated heterocycles. The molecule has 0 bridgehead atoms. The normalized spacial score (nSPS) is 14.8. The van der Waals surface area contributed by atoms with Gasteiger partial charge in [0.25, 0.3) is 0 Å². The highest BCUT2D eigenvalue weighted by Crippen LogP contribution is 2.31. The van der Waals surface area contributed by atoms with E-state index in [1.807, 2.05) is 18.2 Å². The molecule has 1 saturated carbocycles. The van der Waals surface area contributed by atoms with Crippen molar-refractivity contribution in [2.24, 2.45) is 5.92 Å². The minimum absolute atomic E-state index is 0.707. The van der Waals surface area contributed by atoms with E-state index >= 15 is 0 Å². The van der Waals surface area contributed by atoms with Gasteiger partial charge in [0.05, 0.1) is 13.2 Å². The Morgan fingerprint density at radius 1 is 1.39 bits per heavy atom. The van der Waals surface area contributed by atoms with Gasteiger partial charge in [0.15, 0.2) is 0 Å². The highest BCUT2D eigenvalue weighted by molar-refractivity contribution is 6.30. The van der Waals surface area contributed by atoms with Crippen LogP contribution >= 0.6 is 11.6 Å². The van der Waals surface area contributed by atoms with Crippen molar-refractivity contribution in [3.8, 4) is 5.75 Å². The molecule has 1 N–H and O–H groups in total. The summed E-state index contributed by atoms with van der Waals surface area (Å²) in [7, 11) is 1.70. The molecule has 1 aromatic carbocycles. The van der Waals surface area contributed by atoms with Crippen LogP contribution in [-0.2, 0) is 11.3 Å². The van der Waals surface area contributed by atoms with E-state index in [0.29, 0.717) is 6.61 Å². The van der Waals surface area contributed by atoms with E-state index in [2.05, 4.69) is 5.32 Å². The number of halogens is 1. The summed E-state index contributed by atoms with van der Waals surface area (Å²) in [6.45, 7) is 3.11. The molecule has 2 rings (SSSR count). The summed E-state index contributed by atoms with van der Waals surface area (Å²) < 4.78 is 10.8. The summed E-state index contributed by atoms with van der Waals surface area (Å²) in [6.07, 6.45) is 2.60. The third-order valence-corrected chi connectivity index (χ3v) is 3.23. The van der Waals surface area contributed by atoms with Crippen molar-refractivity contribution in [3.63, 3.8) is 0 Å². The number of hydrogen-bond donors (Lipinski definition) is 1. The van der Waals surface area contributed by atoms with E-state index < -0.39 is 0 Å². The lowest BCUT2D eigenvalue weighted by Gasteiger charge is -2.12. The molecule has 0 aliphatic heterocycles. The first kappa shape index (κ1) is 13.7. The van der Waals surface area contributed by atoms with Crippen LogP contribution in [-0.4, -0.2) is 26.9 Å². The zero-order chi connectivity index (χ0) is 12.8. The first-order chi connectivity index (χ1) is 8.79. The fraction of sp³-hybridized carbons (Fsp3) is 0.571. The molecule has 0 heterocycles. The molecule has 0 radical (unpaired) electrons. The van der Waals surface area contributed by atoms with E-state index in [-0.39, 0.29) is 0 Å². The quantitative estimate of drug-likeness (QED) is 0.736. The Labute approximate surface area is 113 Å². The lowest BCUT2D eigenvalue weighted by molar-refractivity contribution is 0.199. The van der Waals surface area contributed by atoms with Gasteiger partial charge in [-0.05, 0) is 37.0 Å². The Hall–Kier alpha value is -0.770. The van der Waals surface area contributed by atoms with Crippen molar-refractivity contribution < 1.29 is 9.47 Å². The number of ether oxygens (including phenoxy) is 2. The third kappa shape index (κ3) is 4.48. The summed E-state index contributed by atoms with van der Waals surface area (Å²) in [5.74, 6) is 1.70. The monoisotopic (exact) mass is 269 g/mol. The van der Waals surface area contributed by atoms with Gasteiger partial charge in [0, 0.05) is 30.8 Å². The maximum absolute atomic E-state index is 6.02. The molecule has 100 valence electrons. The molecule has 0 atom stereocenters. The predicted octanol–water partition coefficient (Wildman–Crippen LogP) is 2.86. The van der Waals surface area contributed by atoms with E-state index in [1.165, 1.54) is 12.8 Å². The van der Waals surface area contributed by atoms with Crippen LogP contribution in [0.4, 0.5) is 0 Å². The van der Waals surface area contributed by atoms with Gasteiger partial charge in [-0.15, -0.1) is 0 Å². The lowest BCUT2D eigenvalue weighted by atomic mass is 10.2. The van der Waals surface area contributed by atoms with Crippen molar-refractivity contribution in [1.82, 2.24) is 5.32 Å². The smallest absolute Gasteiger partial charge is 0.123 e. The topological polar surface area (TPSA) is 30.5 Å². The van der Waals surface area contributed by atoms with Crippen molar-refractivity contribution in [2.45, 2.75) is 19.4 Å². The molecular formula is C14H20ClNO2. The molecule has 1 aliphatic carbocycles. The Bertz CT molecular complexity index is 380. The third-order valence-electron chi connectivity index (χ3n) is 2.99. The molecule has 0 amide bonds. The second-order valence-electron chi connectivity index (χ2n) is 4.68. The van der Waals surface area contributed by atoms with Gasteiger partial charge in [-0.3, -0.25) is 0 Å². The number of nitrogens with one attached hydrogen (secondary N) is 1. The molecule has 1 aliphatic rings. The van der Waals surface area contributed by atoms with Gasteiger partial charge in [0.1, 0.15) is 5.75 Å². The number of hydrogen-bond acceptors (Lipinski definition) is 3. The van der Waals surface area contributed by atoms with Crippen LogP contribution in [0.1, 0.15) is 18.4 Å². The molecule has 3 nitrogen and oxygen atoms in total. The zero-order valence-electron chi connectivity index (χ0n) is 10.7. The van der Waals surface area contributed by atoms with Gasteiger partial charge in [-0.1, -0.05) is 11.6 Å². The largest absolute Gasteiger partial charge is 0.493 e. The Balaban J connectivity index is 1.89. The maximum Gasteiger partial charge on any atom is 0.123 e. The van der Waals surface area contributed by atoms with Crippen LogP contribution in [0.15, 0.2) is 18.2 Å². The number of benzene rings is 1. The van der Waals surface area contributed by atoms with Gasteiger partial charge >= 0.3 is 0 Å². The highest BCUT2D eigenvalue weighted by Gasteiger charge is 2.22. The van der Waals surface area contributed by atoms with E-state index in [4.69, 9.17) is 21.1 Å². The highest BCUT2D eigenvalue weighted by atomic mass is 35.5. The predicted molar refractivity (Wildman–Crippen MR) is 73.3 cm³/mol. The van der Waals surface area contributed by atoms with Crippen LogP contribution < -0.4 is 10.1 Å². The second-order valence-corrected chi connectivity index (χ2v) is 5.11. The second kappa shape index (κ2) is 6.98. The summed E-state index contributed by atoms with van der Waals surface area (Å²) in [5, 5.41) is 4.06. The van der Waals surface area contributed by atoms with Crippen LogP contribution in [0.2, 0.25) is 5.02 Å². The van der Waals surface area contributed by atoms with E-state index in [9.17, 15) is 0 Å². The molecule has 4 heteroatoms. The Kier molecular flexibility index (Phi) is 5.29. The van der Waals surface area contributed by atoms with Gasteiger partial charge in [-0.25, -0.2) is 0 Å². The number of methoxy groups -OCH3 is 1. The van der Waals surface area contributed by atoms with Crippen molar-refractivity contribution >= 4 is 11.6 Å². The molecule has 1 aromatic rings. The molecular weight excluding hydrogens is 250 g/mol. The fourth-order valence-corrected chi connectivity index (χ4v) is 1.91. The zero-order valence-corrected chi connectivity index (χ0v) is 11.5. The minimum Gasteiger partial charge on any atom is -0.493 e. The number of rotatable bonds is 8. The lowest BCUT2D eigenvalue weighted by Crippen LogP contribution is -2.19. The molecule has 18 heavy (non-hydrogen) atoms. The molecule has 0 unspecified atom stereocenters. The maximum atomic E-state index is 6.02. The van der Waals surface area contributed by atoms with Gasteiger partial charge in [-0.2, -0.15) is 0 Å².